The number of carboxylic acid groups (broad SMARTS) is 4. The van der Waals surface area contributed by atoms with E-state index in [9.17, 15) is 47.9 Å². The van der Waals surface area contributed by atoms with E-state index >= 15 is 0 Å². The number of Topliss-reactive ketones (excluding diaryl/α,β-unsaturated/α-hetero) is 4. The molecule has 1 atom stereocenters. The van der Waals surface area contributed by atoms with Gasteiger partial charge in [-0.15, -0.1) is 0 Å². The van der Waals surface area contributed by atoms with Gasteiger partial charge < -0.3 is 39.4 Å². The lowest BCUT2D eigenvalue weighted by Crippen LogP contribution is -2.26. The number of aromatic carboxylic acids is 4. The van der Waals surface area contributed by atoms with E-state index in [1.165, 1.54) is 7.11 Å². The molecule has 0 aliphatic heterocycles. The number of benzene rings is 2. The van der Waals surface area contributed by atoms with Gasteiger partial charge in [-0.05, 0) is 105 Å². The van der Waals surface area contributed by atoms with E-state index < -0.39 is 58.1 Å². The van der Waals surface area contributed by atoms with E-state index in [4.69, 9.17) is 34.6 Å². The topological polar surface area (TPSA) is 289 Å². The number of carboxylic acids is 4. The molecule has 18 heteroatoms. The Morgan fingerprint density at radius 1 is 0.508 bits per heavy atom. The molecule has 2 aromatic rings. The summed E-state index contributed by atoms with van der Waals surface area (Å²) in [4.78, 5) is 111. The van der Waals surface area contributed by atoms with Crippen molar-refractivity contribution >= 4 is 58.9 Å². The zero-order valence-electron chi connectivity index (χ0n) is 40.3. The first-order valence-corrected chi connectivity index (χ1v) is 20.5. The van der Waals surface area contributed by atoms with Gasteiger partial charge in [0.05, 0.1) is 59.5 Å². The van der Waals surface area contributed by atoms with Crippen molar-refractivity contribution in [1.29, 1.82) is 0 Å². The number of rotatable bonds is 19. The molecule has 364 valence electrons. The molecule has 0 saturated carbocycles. The number of esters is 2. The van der Waals surface area contributed by atoms with E-state index in [0.717, 1.165) is 84.1 Å². The van der Waals surface area contributed by atoms with Gasteiger partial charge in [0.25, 0.3) is 0 Å². The van der Waals surface area contributed by atoms with Gasteiger partial charge in [0, 0.05) is 36.5 Å². The largest absolute Gasteiger partial charge is 0.478 e. The number of ether oxygens (including phenoxy) is 4. The molecule has 4 N–H and O–H groups in total. The highest BCUT2D eigenvalue weighted by Gasteiger charge is 2.27. The third-order valence-electron chi connectivity index (χ3n) is 9.68. The van der Waals surface area contributed by atoms with Crippen LogP contribution in [0.1, 0.15) is 198 Å². The minimum absolute atomic E-state index is 0.0709. The maximum absolute atomic E-state index is 11.3. The van der Waals surface area contributed by atoms with Crippen LogP contribution in [-0.4, -0.2) is 120 Å². The molecule has 2 rings (SSSR count). The van der Waals surface area contributed by atoms with E-state index in [1.54, 1.807) is 14.2 Å². The molecule has 0 aliphatic carbocycles. The Morgan fingerprint density at radius 2 is 0.800 bits per heavy atom. The standard InChI is InChI=1S/2C12H10O6.C10H20O2.C7H14O2.C6H14O2/c1-5(13)7-3-10(12(17)18)8(6(2)14)4-9(7)11(15)16;1-5(13)7-3-8(6(2)14)10(12(17)18)4-9(7)11(15)16;1-5-7-8-12-9(11)10(3,4)6-2;1-5-7(2,3)6(8)9-4;1-4-6(8-3)5-7-2/h2*3-4H,1-2H3,(H,15,16)(H,17,18);5-8H2,1-4H3;5H2,1-4H3;6H,4-5H2,1-3H3. The molecular formula is C47H68O18. The minimum atomic E-state index is -1.42. The highest BCUT2D eigenvalue weighted by Crippen LogP contribution is 2.23. The first-order chi connectivity index (χ1) is 29.9. The zero-order valence-corrected chi connectivity index (χ0v) is 40.3. The second-order valence-corrected chi connectivity index (χ2v) is 15.5. The summed E-state index contributed by atoms with van der Waals surface area (Å²) in [7, 11) is 4.80. The smallest absolute Gasteiger partial charge is 0.336 e. The monoisotopic (exact) mass is 920 g/mol. The van der Waals surface area contributed by atoms with Gasteiger partial charge in [-0.3, -0.25) is 28.8 Å². The summed E-state index contributed by atoms with van der Waals surface area (Å²) in [5.74, 6) is -8.08. The predicted octanol–water partition coefficient (Wildman–Crippen LogP) is 8.40. The minimum Gasteiger partial charge on any atom is -0.478 e. The number of unbranched alkanes of at least 4 members (excludes halogenated alkanes) is 1. The summed E-state index contributed by atoms with van der Waals surface area (Å²) in [6, 6.07) is 3.69. The summed E-state index contributed by atoms with van der Waals surface area (Å²) >= 11 is 0. The maximum Gasteiger partial charge on any atom is 0.336 e. The molecule has 18 nitrogen and oxygen atoms in total. The van der Waals surface area contributed by atoms with Gasteiger partial charge in [-0.25, -0.2) is 19.2 Å². The Hall–Kier alpha value is -6.14. The Kier molecular flexibility index (Phi) is 30.0. The number of hydrogen-bond acceptors (Lipinski definition) is 14. The van der Waals surface area contributed by atoms with Gasteiger partial charge >= 0.3 is 35.8 Å². The molecule has 0 spiro atoms. The lowest BCUT2D eigenvalue weighted by molar-refractivity contribution is -0.154. The van der Waals surface area contributed by atoms with Gasteiger partial charge in [-0.2, -0.15) is 0 Å². The number of methoxy groups -OCH3 is 3. The summed E-state index contributed by atoms with van der Waals surface area (Å²) in [5.41, 5.74) is -3.06. The normalized spacial score (nSPS) is 10.8. The fourth-order valence-electron chi connectivity index (χ4n) is 4.68. The van der Waals surface area contributed by atoms with Crippen molar-refractivity contribution in [2.45, 2.75) is 121 Å². The van der Waals surface area contributed by atoms with Crippen molar-refractivity contribution in [3.8, 4) is 0 Å². The van der Waals surface area contributed by atoms with Gasteiger partial charge in [-0.1, -0.05) is 34.1 Å². The van der Waals surface area contributed by atoms with Crippen LogP contribution in [0.4, 0.5) is 0 Å². The van der Waals surface area contributed by atoms with Gasteiger partial charge in [0.1, 0.15) is 0 Å². The van der Waals surface area contributed by atoms with Crippen LogP contribution in [0, 0.1) is 10.8 Å². The van der Waals surface area contributed by atoms with Gasteiger partial charge in [0.2, 0.25) is 0 Å². The summed E-state index contributed by atoms with van der Waals surface area (Å²) < 4.78 is 19.5. The van der Waals surface area contributed by atoms with Crippen molar-refractivity contribution in [3.63, 3.8) is 0 Å². The molecule has 0 heterocycles. The number of hydrogen-bond donors (Lipinski definition) is 4. The van der Waals surface area contributed by atoms with Crippen molar-refractivity contribution in [2.24, 2.45) is 10.8 Å². The molecule has 0 aromatic heterocycles. The molecule has 0 radical (unpaired) electrons. The Labute approximate surface area is 381 Å². The number of carbonyl (C=O) groups excluding carboxylic acids is 6. The molecule has 0 saturated heterocycles. The molecule has 0 aliphatic rings. The van der Waals surface area contributed by atoms with Crippen molar-refractivity contribution in [1.82, 2.24) is 0 Å². The fraction of sp³-hybridized carbons (Fsp3) is 0.532. The van der Waals surface area contributed by atoms with Crippen LogP contribution in [0.3, 0.4) is 0 Å². The maximum atomic E-state index is 11.3. The first-order valence-electron chi connectivity index (χ1n) is 20.5. The predicted molar refractivity (Wildman–Crippen MR) is 240 cm³/mol. The van der Waals surface area contributed by atoms with Crippen LogP contribution in [0.5, 0.6) is 0 Å². The lowest BCUT2D eigenvalue weighted by Gasteiger charge is -2.19. The van der Waals surface area contributed by atoms with E-state index in [1.807, 2.05) is 41.5 Å². The number of ketones is 4. The molecule has 0 amide bonds. The highest BCUT2D eigenvalue weighted by atomic mass is 16.5. The third-order valence-corrected chi connectivity index (χ3v) is 9.68. The van der Waals surface area contributed by atoms with Crippen molar-refractivity contribution in [2.75, 3.05) is 34.5 Å². The van der Waals surface area contributed by atoms with Gasteiger partial charge in [0.15, 0.2) is 23.1 Å². The second kappa shape index (κ2) is 30.9. The molecule has 65 heavy (non-hydrogen) atoms. The Balaban J connectivity index is -0.000000768. The first kappa shape index (κ1) is 63.2. The molecule has 0 bridgehead atoms. The lowest BCUT2D eigenvalue weighted by atomic mass is 9.91. The quantitative estimate of drug-likeness (QED) is 0.0584. The average molecular weight is 921 g/mol. The average Bonchev–Trinajstić information content (AvgIpc) is 3.24. The van der Waals surface area contributed by atoms with Crippen LogP contribution < -0.4 is 0 Å². The van der Waals surface area contributed by atoms with Crippen molar-refractivity contribution < 1.29 is 87.3 Å². The molecule has 0 fully saturated rings. The zero-order chi connectivity index (χ0) is 51.6. The van der Waals surface area contributed by atoms with Crippen LogP contribution >= 0.6 is 0 Å². The summed E-state index contributed by atoms with van der Waals surface area (Å²) in [6.07, 6.45) is 4.98. The summed E-state index contributed by atoms with van der Waals surface area (Å²) in [5, 5.41) is 35.7. The SMILES string of the molecule is CC(=O)c1cc(C(=O)O)c(C(C)=O)cc1C(=O)O.CC(=O)c1cc(C(C)=O)c(C(=O)O)cc1C(=O)O.CCC(C)(C)C(=O)OC.CCC(COC)OC.CCCCOC(=O)C(C)(C)CC. The van der Waals surface area contributed by atoms with Crippen LogP contribution in [0.15, 0.2) is 24.3 Å². The van der Waals surface area contributed by atoms with Crippen molar-refractivity contribution in [3.05, 3.63) is 68.8 Å². The highest BCUT2D eigenvalue weighted by molar-refractivity contribution is 6.13. The fourth-order valence-corrected chi connectivity index (χ4v) is 4.68. The van der Waals surface area contributed by atoms with E-state index in [2.05, 4.69) is 18.6 Å². The summed E-state index contributed by atoms with van der Waals surface area (Å²) in [6.45, 7) is 21.5. The third kappa shape index (κ3) is 22.4. The molecule has 1 unspecified atom stereocenters. The Morgan fingerprint density at radius 3 is 0.985 bits per heavy atom. The van der Waals surface area contributed by atoms with Crippen LogP contribution in [-0.2, 0) is 28.5 Å². The number of carbonyl (C=O) groups is 10. The van der Waals surface area contributed by atoms with Crippen LogP contribution in [0.2, 0.25) is 0 Å². The van der Waals surface area contributed by atoms with Crippen LogP contribution in [0.25, 0.3) is 0 Å². The second-order valence-electron chi connectivity index (χ2n) is 15.5. The Bertz CT molecular complexity index is 1690. The molecule has 2 aromatic carbocycles. The van der Waals surface area contributed by atoms with E-state index in [0.29, 0.717) is 13.2 Å². The molecular weight excluding hydrogens is 852 g/mol. The van der Waals surface area contributed by atoms with E-state index in [-0.39, 0.29) is 62.3 Å².